The summed E-state index contributed by atoms with van der Waals surface area (Å²) < 4.78 is 5.57. The maximum atomic E-state index is 5.57. The van der Waals surface area contributed by atoms with Crippen molar-refractivity contribution < 1.29 is 4.74 Å². The summed E-state index contributed by atoms with van der Waals surface area (Å²) >= 11 is 0. The summed E-state index contributed by atoms with van der Waals surface area (Å²) in [6, 6.07) is 7.88. The largest absolute Gasteiger partial charge is 0.494 e. The van der Waals surface area contributed by atoms with E-state index in [0.29, 0.717) is 13.2 Å². The average molecular weight is 203 g/mol. The van der Waals surface area contributed by atoms with Crippen molar-refractivity contribution in [1.29, 1.82) is 0 Å². The first-order valence-corrected chi connectivity index (χ1v) is 5.18. The molecule has 0 amide bonds. The lowest BCUT2D eigenvalue weighted by molar-refractivity contribution is 0.312. The van der Waals surface area contributed by atoms with Crippen molar-refractivity contribution >= 4 is 0 Å². The summed E-state index contributed by atoms with van der Waals surface area (Å²) in [7, 11) is 0. The molecule has 0 aliphatic heterocycles. The average Bonchev–Trinajstić information content (AvgIpc) is 2.29. The molecule has 0 radical (unpaired) electrons. The third kappa shape index (κ3) is 4.53. The van der Waals surface area contributed by atoms with Crippen LogP contribution in [0, 0.1) is 11.8 Å². The third-order valence-electron chi connectivity index (χ3n) is 2.03. The summed E-state index contributed by atoms with van der Waals surface area (Å²) in [5, 5.41) is 0. The summed E-state index contributed by atoms with van der Waals surface area (Å²) in [4.78, 5) is 0. The molecule has 2 nitrogen and oxygen atoms in total. The molecule has 0 aliphatic rings. The van der Waals surface area contributed by atoms with Crippen molar-refractivity contribution in [3.63, 3.8) is 0 Å². The van der Waals surface area contributed by atoms with Gasteiger partial charge in [0.2, 0.25) is 0 Å². The van der Waals surface area contributed by atoms with Crippen LogP contribution in [0.2, 0.25) is 0 Å². The van der Waals surface area contributed by atoms with E-state index in [4.69, 9.17) is 10.5 Å². The summed E-state index contributed by atoms with van der Waals surface area (Å²) in [6.07, 6.45) is 1.86. The third-order valence-corrected chi connectivity index (χ3v) is 2.03. The van der Waals surface area contributed by atoms with Crippen LogP contribution in [0.4, 0.5) is 0 Å². The monoisotopic (exact) mass is 203 g/mol. The number of ether oxygens (including phenoxy) is 1. The Morgan fingerprint density at radius 3 is 3.00 bits per heavy atom. The van der Waals surface area contributed by atoms with Crippen LogP contribution in [-0.4, -0.2) is 6.61 Å². The zero-order chi connectivity index (χ0) is 10.9. The summed E-state index contributed by atoms with van der Waals surface area (Å²) in [5.74, 6) is 6.76. The van der Waals surface area contributed by atoms with Crippen molar-refractivity contribution in [3.05, 3.63) is 29.8 Å². The number of rotatable bonds is 5. The summed E-state index contributed by atoms with van der Waals surface area (Å²) in [6.45, 7) is 3.12. The first-order chi connectivity index (χ1) is 7.36. The second-order valence-corrected chi connectivity index (χ2v) is 3.23. The second kappa shape index (κ2) is 6.92. The lowest BCUT2D eigenvalue weighted by Gasteiger charge is -2.05. The molecule has 80 valence electrons. The minimum Gasteiger partial charge on any atom is -0.494 e. The molecule has 1 rings (SSSR count). The minimum atomic E-state index is 0.554. The maximum Gasteiger partial charge on any atom is 0.119 e. The topological polar surface area (TPSA) is 35.2 Å². The Bertz CT molecular complexity index is 349. The van der Waals surface area contributed by atoms with Crippen molar-refractivity contribution in [2.24, 2.45) is 5.73 Å². The van der Waals surface area contributed by atoms with E-state index in [9.17, 15) is 0 Å². The van der Waals surface area contributed by atoms with Crippen LogP contribution >= 0.6 is 0 Å². The van der Waals surface area contributed by atoms with Crippen LogP contribution in [-0.2, 0) is 6.54 Å². The first-order valence-electron chi connectivity index (χ1n) is 5.18. The highest BCUT2D eigenvalue weighted by atomic mass is 16.5. The molecule has 0 unspecified atom stereocenters. The lowest BCUT2D eigenvalue weighted by Crippen LogP contribution is -1.99. The van der Waals surface area contributed by atoms with Crippen LogP contribution in [0.15, 0.2) is 24.3 Å². The van der Waals surface area contributed by atoms with Crippen LogP contribution in [0.1, 0.15) is 25.3 Å². The van der Waals surface area contributed by atoms with E-state index in [1.165, 1.54) is 0 Å². The molecule has 2 N–H and O–H groups in total. The van der Waals surface area contributed by atoms with Gasteiger partial charge in [-0.2, -0.15) is 0 Å². The molecule has 0 spiro atoms. The molecular weight excluding hydrogens is 186 g/mol. The maximum absolute atomic E-state index is 5.57. The smallest absolute Gasteiger partial charge is 0.119 e. The van der Waals surface area contributed by atoms with Crippen molar-refractivity contribution in [3.8, 4) is 17.6 Å². The Morgan fingerprint density at radius 1 is 1.40 bits per heavy atom. The molecule has 0 fully saturated rings. The zero-order valence-electron chi connectivity index (χ0n) is 9.12. The Kier molecular flexibility index (Phi) is 5.35. The SMILES string of the molecule is CC#CCCCOc1cccc(CN)c1. The molecule has 0 bridgehead atoms. The highest BCUT2D eigenvalue weighted by molar-refractivity contribution is 5.28. The van der Waals surface area contributed by atoms with E-state index in [0.717, 1.165) is 24.2 Å². The van der Waals surface area contributed by atoms with Gasteiger partial charge in [0.05, 0.1) is 6.61 Å². The lowest BCUT2D eigenvalue weighted by atomic mass is 10.2. The Labute approximate surface area is 91.4 Å². The fraction of sp³-hybridized carbons (Fsp3) is 0.385. The summed E-state index contributed by atoms with van der Waals surface area (Å²) in [5.41, 5.74) is 6.64. The highest BCUT2D eigenvalue weighted by Gasteiger charge is 1.94. The van der Waals surface area contributed by atoms with E-state index < -0.39 is 0 Å². The molecule has 0 saturated heterocycles. The fourth-order valence-corrected chi connectivity index (χ4v) is 1.24. The van der Waals surface area contributed by atoms with Gasteiger partial charge in [-0.1, -0.05) is 12.1 Å². The van der Waals surface area contributed by atoms with Crippen LogP contribution < -0.4 is 10.5 Å². The van der Waals surface area contributed by atoms with Gasteiger partial charge in [-0.3, -0.25) is 0 Å². The molecule has 1 aromatic carbocycles. The number of unbranched alkanes of at least 4 members (excludes halogenated alkanes) is 1. The zero-order valence-corrected chi connectivity index (χ0v) is 9.12. The van der Waals surface area contributed by atoms with E-state index in [2.05, 4.69) is 11.8 Å². The number of hydrogen-bond donors (Lipinski definition) is 1. The molecule has 0 aliphatic carbocycles. The highest BCUT2D eigenvalue weighted by Crippen LogP contribution is 2.13. The molecule has 0 atom stereocenters. The number of benzene rings is 1. The molecule has 2 heteroatoms. The Balaban J connectivity index is 2.32. The van der Waals surface area contributed by atoms with Crippen LogP contribution in [0.5, 0.6) is 5.75 Å². The molecular formula is C13H17NO. The standard InChI is InChI=1S/C13H17NO/c1-2-3-4-5-9-15-13-8-6-7-12(10-13)11-14/h6-8,10H,4-5,9,11,14H2,1H3. The van der Waals surface area contributed by atoms with Gasteiger partial charge in [0.15, 0.2) is 0 Å². The van der Waals surface area contributed by atoms with Gasteiger partial charge in [-0.05, 0) is 31.0 Å². The Hall–Kier alpha value is -1.46. The predicted molar refractivity (Wildman–Crippen MR) is 62.5 cm³/mol. The van der Waals surface area contributed by atoms with E-state index in [1.807, 2.05) is 31.2 Å². The van der Waals surface area contributed by atoms with Gasteiger partial charge in [-0.25, -0.2) is 0 Å². The quantitative estimate of drug-likeness (QED) is 0.589. The van der Waals surface area contributed by atoms with Gasteiger partial charge < -0.3 is 10.5 Å². The Morgan fingerprint density at radius 2 is 2.27 bits per heavy atom. The van der Waals surface area contributed by atoms with Gasteiger partial charge in [0.1, 0.15) is 5.75 Å². The van der Waals surface area contributed by atoms with Gasteiger partial charge in [0.25, 0.3) is 0 Å². The molecule has 0 heterocycles. The van der Waals surface area contributed by atoms with E-state index in [1.54, 1.807) is 0 Å². The molecule has 1 aromatic rings. The molecule has 15 heavy (non-hydrogen) atoms. The van der Waals surface area contributed by atoms with Crippen molar-refractivity contribution in [1.82, 2.24) is 0 Å². The predicted octanol–water partition coefficient (Wildman–Crippen LogP) is 2.33. The fourth-order valence-electron chi connectivity index (χ4n) is 1.24. The number of nitrogens with two attached hydrogens (primary N) is 1. The minimum absolute atomic E-state index is 0.554. The molecule has 0 aromatic heterocycles. The van der Waals surface area contributed by atoms with Gasteiger partial charge in [0, 0.05) is 13.0 Å². The van der Waals surface area contributed by atoms with Gasteiger partial charge in [-0.15, -0.1) is 11.8 Å². The van der Waals surface area contributed by atoms with Crippen molar-refractivity contribution in [2.45, 2.75) is 26.3 Å². The van der Waals surface area contributed by atoms with Gasteiger partial charge >= 0.3 is 0 Å². The first kappa shape index (κ1) is 11.6. The molecule has 0 saturated carbocycles. The normalized spacial score (nSPS) is 9.20. The number of hydrogen-bond acceptors (Lipinski definition) is 2. The van der Waals surface area contributed by atoms with Crippen molar-refractivity contribution in [2.75, 3.05) is 6.61 Å². The van der Waals surface area contributed by atoms with E-state index in [-0.39, 0.29) is 0 Å². The second-order valence-electron chi connectivity index (χ2n) is 3.23. The van der Waals surface area contributed by atoms with Crippen LogP contribution in [0.3, 0.4) is 0 Å². The van der Waals surface area contributed by atoms with E-state index >= 15 is 0 Å². The van der Waals surface area contributed by atoms with Crippen LogP contribution in [0.25, 0.3) is 0 Å².